The lowest BCUT2D eigenvalue weighted by atomic mass is 10.0. The first kappa shape index (κ1) is 27.1. The molecule has 0 aliphatic rings. The molecule has 40 heavy (non-hydrogen) atoms. The number of benzene rings is 3. The molecule has 5 aromatic rings. The maximum atomic E-state index is 13.9. The van der Waals surface area contributed by atoms with Crippen LogP contribution in [0.1, 0.15) is 5.56 Å². The Bertz CT molecular complexity index is 1850. The smallest absolute Gasteiger partial charge is 0.325 e. The van der Waals surface area contributed by atoms with Crippen LogP contribution in [0.2, 0.25) is 0 Å². The molecule has 3 amide bonds. The number of thiophene rings is 1. The average Bonchev–Trinajstić information content (AvgIpc) is 3.53. The molecule has 5 rings (SSSR count). The van der Waals surface area contributed by atoms with Gasteiger partial charge in [0.05, 0.1) is 11.7 Å². The second-order valence-corrected chi connectivity index (χ2v) is 11.3. The highest BCUT2D eigenvalue weighted by Crippen LogP contribution is 2.26. The molecule has 0 fully saturated rings. The predicted molar refractivity (Wildman–Crippen MR) is 145 cm³/mol. The number of nitrogens with one attached hydrogen (secondary N) is 2. The lowest BCUT2D eigenvalue weighted by molar-refractivity contribution is -0.120. The average molecular weight is 588 g/mol. The third-order valence-corrected chi connectivity index (χ3v) is 8.15. The summed E-state index contributed by atoms with van der Waals surface area (Å²) in [5, 5.41) is 8.96. The molecule has 14 heteroatoms. The van der Waals surface area contributed by atoms with E-state index in [1.54, 1.807) is 16.9 Å². The molecule has 2 aromatic heterocycles. The number of hydrogen-bond donors (Lipinski definition) is 2. The molecular weight excluding hydrogens is 567 g/mol. The number of aromatic nitrogens is 2. The Balaban J connectivity index is 1.41. The first-order chi connectivity index (χ1) is 19.0. The molecule has 0 aliphatic heterocycles. The number of amides is 3. The van der Waals surface area contributed by atoms with Crippen LogP contribution in [0.5, 0.6) is 0 Å². The summed E-state index contributed by atoms with van der Waals surface area (Å²) in [6.45, 7) is 0. The van der Waals surface area contributed by atoms with Gasteiger partial charge in [0.25, 0.3) is 0 Å². The van der Waals surface area contributed by atoms with E-state index in [9.17, 15) is 31.2 Å². The van der Waals surface area contributed by atoms with Crippen molar-refractivity contribution in [1.82, 2.24) is 19.2 Å². The lowest BCUT2D eigenvalue weighted by Crippen LogP contribution is -2.53. The fourth-order valence-corrected chi connectivity index (χ4v) is 5.95. The van der Waals surface area contributed by atoms with Crippen LogP contribution in [-0.4, -0.2) is 42.6 Å². The summed E-state index contributed by atoms with van der Waals surface area (Å²) in [6, 6.07) is 10.4. The minimum Gasteiger partial charge on any atom is -0.325 e. The molecule has 0 unspecified atom stereocenters. The Labute approximate surface area is 230 Å². The third kappa shape index (κ3) is 5.62. The summed E-state index contributed by atoms with van der Waals surface area (Å²) in [5.41, 5.74) is 0.547. The highest BCUT2D eigenvalue weighted by molar-refractivity contribution is 7.88. The maximum absolute atomic E-state index is 13.9. The van der Waals surface area contributed by atoms with E-state index in [4.69, 9.17) is 0 Å². The Morgan fingerprint density at radius 2 is 1.73 bits per heavy atom. The van der Waals surface area contributed by atoms with Gasteiger partial charge in [0.2, 0.25) is 5.91 Å². The van der Waals surface area contributed by atoms with Gasteiger partial charge in [-0.3, -0.25) is 4.79 Å². The molecule has 0 spiro atoms. The van der Waals surface area contributed by atoms with Gasteiger partial charge in [0, 0.05) is 35.3 Å². The molecule has 1 atom stereocenters. The van der Waals surface area contributed by atoms with E-state index in [0.717, 1.165) is 40.5 Å². The van der Waals surface area contributed by atoms with Crippen molar-refractivity contribution in [2.75, 3.05) is 11.9 Å². The van der Waals surface area contributed by atoms with Gasteiger partial charge < -0.3 is 10.2 Å². The summed E-state index contributed by atoms with van der Waals surface area (Å²) in [7, 11) is -3.17. The van der Waals surface area contributed by atoms with Crippen molar-refractivity contribution in [3.8, 4) is 0 Å². The summed E-state index contributed by atoms with van der Waals surface area (Å²) in [4.78, 5) is 27.6. The molecule has 0 saturated heterocycles. The molecule has 2 N–H and O–H groups in total. The van der Waals surface area contributed by atoms with Gasteiger partial charge in [-0.15, -0.1) is 15.4 Å². The summed E-state index contributed by atoms with van der Waals surface area (Å²) in [5.74, 6) is -3.04. The zero-order valence-corrected chi connectivity index (χ0v) is 22.3. The minimum atomic E-state index is -4.63. The van der Waals surface area contributed by atoms with Crippen molar-refractivity contribution in [2.24, 2.45) is 0 Å². The molecule has 2 heterocycles. The Kier molecular flexibility index (Phi) is 7.21. The zero-order valence-electron chi connectivity index (χ0n) is 20.6. The van der Waals surface area contributed by atoms with Crippen LogP contribution in [0.4, 0.5) is 23.7 Å². The molecule has 0 bridgehead atoms. The van der Waals surface area contributed by atoms with E-state index in [1.165, 1.54) is 29.4 Å². The first-order valence-corrected chi connectivity index (χ1v) is 14.0. The number of likely N-dealkylation sites (N-methyl/N-ethyl adjacent to an activating group) is 1. The lowest BCUT2D eigenvalue weighted by Gasteiger charge is -2.25. The second-order valence-electron chi connectivity index (χ2n) is 8.85. The summed E-state index contributed by atoms with van der Waals surface area (Å²) < 4.78 is 70.3. The van der Waals surface area contributed by atoms with Crippen LogP contribution in [0.25, 0.3) is 21.0 Å². The van der Waals surface area contributed by atoms with Crippen LogP contribution >= 0.6 is 11.3 Å². The first-order valence-electron chi connectivity index (χ1n) is 11.7. The number of nitrogens with zero attached hydrogens (tertiary/aromatic N) is 3. The Hall–Kier alpha value is -4.43. The van der Waals surface area contributed by atoms with Crippen molar-refractivity contribution in [3.63, 3.8) is 0 Å². The van der Waals surface area contributed by atoms with Crippen molar-refractivity contribution in [3.05, 3.63) is 95.3 Å². The van der Waals surface area contributed by atoms with E-state index in [2.05, 4.69) is 10.4 Å². The number of urea groups is 1. The fourth-order valence-electron chi connectivity index (χ4n) is 4.21. The predicted octanol–water partition coefficient (Wildman–Crippen LogP) is 4.33. The van der Waals surface area contributed by atoms with Crippen LogP contribution in [-0.2, 0) is 21.4 Å². The Morgan fingerprint density at radius 3 is 2.48 bits per heavy atom. The standard InChI is InChI=1S/C26H20F3N5O4S2/c1-33(21-3-5-24-16(12-21)6-7-39-24)25(35)22(10-15-8-19(28)13-20(29)9-15)31-26(36)32-40(37,38)34-23-4-2-18(27)11-17(23)14-30-34/h2-9,11-14,22H,10H2,1H3,(H2,31,32,36)/t22-/m0/s1. The van der Waals surface area contributed by atoms with E-state index in [-0.39, 0.29) is 22.9 Å². The number of hydrogen-bond acceptors (Lipinski definition) is 6. The highest BCUT2D eigenvalue weighted by atomic mass is 32.2. The molecular formula is C26H20F3N5O4S2. The van der Waals surface area contributed by atoms with Gasteiger partial charge in [-0.25, -0.2) is 22.7 Å². The van der Waals surface area contributed by atoms with Crippen molar-refractivity contribution >= 4 is 60.2 Å². The molecule has 9 nitrogen and oxygen atoms in total. The largest absolute Gasteiger partial charge is 0.347 e. The van der Waals surface area contributed by atoms with E-state index >= 15 is 0 Å². The van der Waals surface area contributed by atoms with Crippen LogP contribution in [0.3, 0.4) is 0 Å². The van der Waals surface area contributed by atoms with E-state index in [1.807, 2.05) is 17.5 Å². The molecule has 0 saturated carbocycles. The number of fused-ring (bicyclic) bond motifs is 2. The monoisotopic (exact) mass is 587 g/mol. The van der Waals surface area contributed by atoms with E-state index < -0.39 is 45.6 Å². The fraction of sp³-hybridized carbons (Fsp3) is 0.115. The van der Waals surface area contributed by atoms with Gasteiger partial charge in [0.1, 0.15) is 23.5 Å². The zero-order chi connectivity index (χ0) is 28.6. The normalized spacial score (nSPS) is 12.4. The highest BCUT2D eigenvalue weighted by Gasteiger charge is 2.28. The van der Waals surface area contributed by atoms with Gasteiger partial charge in [-0.1, -0.05) is 0 Å². The number of carbonyl (C=O) groups is 2. The quantitative estimate of drug-likeness (QED) is 0.294. The number of anilines is 1. The van der Waals surface area contributed by atoms with Crippen LogP contribution in [0.15, 0.2) is 72.2 Å². The summed E-state index contributed by atoms with van der Waals surface area (Å²) >= 11 is 1.52. The SMILES string of the molecule is CN(C(=O)[C@H](Cc1cc(F)cc(F)c1)NC(=O)NS(=O)(=O)n1ncc2cc(F)ccc21)c1ccc2sccc2c1. The molecule has 206 valence electrons. The van der Waals surface area contributed by atoms with Crippen molar-refractivity contribution in [1.29, 1.82) is 0 Å². The van der Waals surface area contributed by atoms with Gasteiger partial charge in [0.15, 0.2) is 0 Å². The third-order valence-electron chi connectivity index (χ3n) is 6.07. The number of rotatable bonds is 7. The van der Waals surface area contributed by atoms with Gasteiger partial charge >= 0.3 is 16.2 Å². The van der Waals surface area contributed by atoms with Crippen molar-refractivity contribution in [2.45, 2.75) is 12.5 Å². The summed E-state index contributed by atoms with van der Waals surface area (Å²) in [6.07, 6.45) is 0.760. The molecule has 0 radical (unpaired) electrons. The van der Waals surface area contributed by atoms with E-state index in [0.29, 0.717) is 15.8 Å². The van der Waals surface area contributed by atoms with Gasteiger partial charge in [-0.2, -0.15) is 13.5 Å². The number of halogens is 3. The van der Waals surface area contributed by atoms with Crippen molar-refractivity contribution < 1.29 is 31.2 Å². The maximum Gasteiger partial charge on any atom is 0.347 e. The molecule has 0 aliphatic carbocycles. The minimum absolute atomic E-state index is 0.00752. The van der Waals surface area contributed by atoms with Gasteiger partial charge in [-0.05, 0) is 70.9 Å². The van der Waals surface area contributed by atoms with Crippen LogP contribution in [0, 0.1) is 17.5 Å². The topological polar surface area (TPSA) is 113 Å². The molecule has 3 aromatic carbocycles. The number of carbonyl (C=O) groups excluding carboxylic acids is 2. The van der Waals surface area contributed by atoms with Crippen LogP contribution < -0.4 is 14.9 Å². The second kappa shape index (κ2) is 10.6. The Morgan fingerprint density at radius 1 is 0.975 bits per heavy atom.